The fourth-order valence-corrected chi connectivity index (χ4v) is 7.00. The van der Waals surface area contributed by atoms with Crippen LogP contribution < -0.4 is 10.2 Å². The van der Waals surface area contributed by atoms with Crippen molar-refractivity contribution in [2.24, 2.45) is 11.8 Å². The highest BCUT2D eigenvalue weighted by Gasteiger charge is 2.61. The number of ether oxygens (including phenoxy) is 1. The predicted molar refractivity (Wildman–Crippen MR) is 159 cm³/mol. The van der Waals surface area contributed by atoms with Crippen LogP contribution >= 0.6 is 0 Å². The van der Waals surface area contributed by atoms with Crippen molar-refractivity contribution in [1.29, 1.82) is 0 Å². The summed E-state index contributed by atoms with van der Waals surface area (Å²) in [6.07, 6.45) is 0. The van der Waals surface area contributed by atoms with E-state index in [2.05, 4.69) is 5.32 Å². The van der Waals surface area contributed by atoms with Gasteiger partial charge in [0.1, 0.15) is 0 Å². The van der Waals surface area contributed by atoms with Crippen molar-refractivity contribution >= 4 is 40.8 Å². The molecule has 4 aliphatic rings. The fraction of sp³-hybridized carbons (Fsp3) is 0.176. The van der Waals surface area contributed by atoms with E-state index >= 15 is 0 Å². The van der Waals surface area contributed by atoms with Gasteiger partial charge in [0.15, 0.2) is 6.61 Å². The topological polar surface area (TPSA) is 136 Å². The second-order valence-corrected chi connectivity index (χ2v) is 11.2. The molecule has 3 aliphatic carbocycles. The third-order valence-electron chi connectivity index (χ3n) is 8.81. The van der Waals surface area contributed by atoms with Gasteiger partial charge in [-0.3, -0.25) is 24.5 Å². The molecule has 2 bridgehead atoms. The van der Waals surface area contributed by atoms with Crippen molar-refractivity contribution in [3.63, 3.8) is 0 Å². The summed E-state index contributed by atoms with van der Waals surface area (Å²) in [5, 5.41) is 13.7. The Morgan fingerprint density at radius 3 is 1.93 bits per heavy atom. The molecule has 1 N–H and O–H groups in total. The van der Waals surface area contributed by atoms with Gasteiger partial charge in [-0.1, -0.05) is 60.7 Å². The van der Waals surface area contributed by atoms with Crippen LogP contribution in [0.5, 0.6) is 0 Å². The average Bonchev–Trinajstić information content (AvgIpc) is 3.30. The molecule has 0 radical (unpaired) electrons. The maximum atomic E-state index is 14.0. The van der Waals surface area contributed by atoms with Gasteiger partial charge in [-0.25, -0.2) is 9.69 Å². The van der Waals surface area contributed by atoms with Gasteiger partial charge in [-0.2, -0.15) is 0 Å². The van der Waals surface area contributed by atoms with Crippen LogP contribution in [0.1, 0.15) is 50.0 Å². The molecule has 8 rings (SSSR count). The summed E-state index contributed by atoms with van der Waals surface area (Å²) in [4.78, 5) is 65.2. The lowest BCUT2D eigenvalue weighted by Gasteiger charge is -2.45. The minimum atomic E-state index is -0.826. The Bertz CT molecular complexity index is 1800. The maximum absolute atomic E-state index is 14.0. The summed E-state index contributed by atoms with van der Waals surface area (Å²) in [5.41, 5.74) is 5.06. The monoisotopic (exact) mass is 587 g/mol. The van der Waals surface area contributed by atoms with Crippen molar-refractivity contribution in [1.82, 2.24) is 0 Å². The molecule has 0 aromatic heterocycles. The minimum Gasteiger partial charge on any atom is -0.452 e. The van der Waals surface area contributed by atoms with Crippen LogP contribution in [0.15, 0.2) is 91.0 Å². The largest absolute Gasteiger partial charge is 0.452 e. The number of nitro groups is 1. The molecule has 4 aromatic rings. The van der Waals surface area contributed by atoms with E-state index in [0.29, 0.717) is 5.56 Å². The first-order chi connectivity index (χ1) is 21.2. The van der Waals surface area contributed by atoms with Crippen molar-refractivity contribution in [3.05, 3.63) is 134 Å². The van der Waals surface area contributed by atoms with Crippen molar-refractivity contribution in [3.8, 4) is 0 Å². The molecule has 0 unspecified atom stereocenters. The molecule has 4 aromatic carbocycles. The minimum absolute atomic E-state index is 0.0614. The van der Waals surface area contributed by atoms with E-state index in [1.807, 2.05) is 48.5 Å². The third kappa shape index (κ3) is 4.17. The summed E-state index contributed by atoms with van der Waals surface area (Å²) in [7, 11) is 0. The number of hydrogen-bond donors (Lipinski definition) is 1. The number of esters is 1. The summed E-state index contributed by atoms with van der Waals surface area (Å²) < 4.78 is 5.18. The van der Waals surface area contributed by atoms with Crippen molar-refractivity contribution in [2.45, 2.75) is 18.8 Å². The van der Waals surface area contributed by atoms with Crippen LogP contribution in [0.25, 0.3) is 0 Å². The first kappa shape index (κ1) is 27.2. The van der Waals surface area contributed by atoms with Crippen LogP contribution in [0.2, 0.25) is 0 Å². The summed E-state index contributed by atoms with van der Waals surface area (Å²) in [6, 6.07) is 26.2. The Kier molecular flexibility index (Phi) is 6.35. The van der Waals surface area contributed by atoms with Crippen molar-refractivity contribution < 1.29 is 28.8 Å². The molecule has 10 nitrogen and oxygen atoms in total. The number of aryl methyl sites for hydroxylation is 1. The zero-order chi connectivity index (χ0) is 30.7. The van der Waals surface area contributed by atoms with E-state index in [1.165, 1.54) is 35.2 Å². The Morgan fingerprint density at radius 2 is 1.39 bits per heavy atom. The molecular formula is C34H25N3O7. The summed E-state index contributed by atoms with van der Waals surface area (Å²) >= 11 is 0. The number of amides is 3. The smallest absolute Gasteiger partial charge is 0.338 e. The number of carbonyl (C=O) groups excluding carboxylic acids is 4. The lowest BCUT2D eigenvalue weighted by atomic mass is 9.55. The Morgan fingerprint density at radius 1 is 0.818 bits per heavy atom. The highest BCUT2D eigenvalue weighted by molar-refractivity contribution is 6.23. The van der Waals surface area contributed by atoms with Gasteiger partial charge in [0.05, 0.1) is 28.0 Å². The summed E-state index contributed by atoms with van der Waals surface area (Å²) in [6.45, 7) is 0.940. The standard InChI is InChI=1S/C34H25N3O7/c1-18-13-14-20(16-26(18)37(42)43)35-27(38)17-44-34(41)19-7-6-8-21(15-19)36-32(39)30-28-22-9-2-3-10-23(22)29(31(30)33(36)40)25-12-5-4-11-24(25)28/h2-16,28-31H,17H2,1H3,(H,35,38)/t28?,29?,30-,31+. The number of carbonyl (C=O) groups is 4. The number of rotatable bonds is 6. The zero-order valence-electron chi connectivity index (χ0n) is 23.4. The maximum Gasteiger partial charge on any atom is 0.338 e. The van der Waals surface area contributed by atoms with E-state index in [-0.39, 0.29) is 46.3 Å². The van der Waals surface area contributed by atoms with E-state index in [1.54, 1.807) is 19.1 Å². The lowest BCUT2D eigenvalue weighted by molar-refractivity contribution is -0.385. The second kappa shape index (κ2) is 10.3. The van der Waals surface area contributed by atoms with Gasteiger partial charge in [0, 0.05) is 29.2 Å². The highest BCUT2D eigenvalue weighted by atomic mass is 16.6. The van der Waals surface area contributed by atoms with Crippen molar-refractivity contribution in [2.75, 3.05) is 16.8 Å². The van der Waals surface area contributed by atoms with Crippen LogP contribution in [-0.4, -0.2) is 35.2 Å². The SMILES string of the molecule is Cc1ccc(NC(=O)COC(=O)c2cccc(N3C(=O)[C@@H]4C5c6ccccc6C(c6ccccc65)[C@@H]4C3=O)c2)cc1[N+](=O)[O-]. The Hall–Kier alpha value is -5.64. The number of anilines is 2. The molecule has 2 atom stereocenters. The Balaban J connectivity index is 1.10. The lowest BCUT2D eigenvalue weighted by Crippen LogP contribution is -2.41. The molecule has 1 aliphatic heterocycles. The molecular weight excluding hydrogens is 562 g/mol. The van der Waals surface area contributed by atoms with Crippen LogP contribution in [0, 0.1) is 28.9 Å². The van der Waals surface area contributed by atoms with E-state index in [4.69, 9.17) is 4.74 Å². The first-order valence-corrected chi connectivity index (χ1v) is 14.1. The van der Waals surface area contributed by atoms with E-state index in [9.17, 15) is 29.3 Å². The van der Waals surface area contributed by atoms with Gasteiger partial charge in [0.25, 0.3) is 11.6 Å². The van der Waals surface area contributed by atoms with Crippen LogP contribution in [-0.2, 0) is 19.1 Å². The normalized spacial score (nSPS) is 20.9. The van der Waals surface area contributed by atoms with Gasteiger partial charge < -0.3 is 10.1 Å². The molecule has 218 valence electrons. The van der Waals surface area contributed by atoms with Crippen LogP contribution in [0.3, 0.4) is 0 Å². The number of nitrogens with zero attached hydrogens (tertiary/aromatic N) is 2. The predicted octanol–water partition coefficient (Wildman–Crippen LogP) is 5.10. The third-order valence-corrected chi connectivity index (χ3v) is 8.81. The van der Waals surface area contributed by atoms with Gasteiger partial charge in [-0.05, 0) is 53.4 Å². The molecule has 1 fully saturated rings. The zero-order valence-corrected chi connectivity index (χ0v) is 23.4. The number of nitro benzene ring substituents is 1. The molecule has 1 heterocycles. The molecule has 10 heteroatoms. The summed E-state index contributed by atoms with van der Waals surface area (Å²) in [5.74, 6) is -3.75. The fourth-order valence-electron chi connectivity index (χ4n) is 7.00. The van der Waals surface area contributed by atoms with Crippen LogP contribution in [0.4, 0.5) is 17.1 Å². The molecule has 44 heavy (non-hydrogen) atoms. The van der Waals surface area contributed by atoms with E-state index in [0.717, 1.165) is 22.3 Å². The Labute approximate surface area is 251 Å². The van der Waals surface area contributed by atoms with E-state index < -0.39 is 35.2 Å². The number of benzene rings is 4. The first-order valence-electron chi connectivity index (χ1n) is 14.1. The van der Waals surface area contributed by atoms with Gasteiger partial charge >= 0.3 is 5.97 Å². The average molecular weight is 588 g/mol. The molecule has 0 spiro atoms. The number of imide groups is 1. The quantitative estimate of drug-likeness (QED) is 0.144. The van der Waals surface area contributed by atoms with Gasteiger partial charge in [-0.15, -0.1) is 0 Å². The highest BCUT2D eigenvalue weighted by Crippen LogP contribution is 2.61. The van der Waals surface area contributed by atoms with Gasteiger partial charge in [0.2, 0.25) is 11.8 Å². The molecule has 3 amide bonds. The molecule has 1 saturated heterocycles. The second-order valence-electron chi connectivity index (χ2n) is 11.2. The number of hydrogen-bond acceptors (Lipinski definition) is 7. The number of nitrogens with one attached hydrogen (secondary N) is 1. The molecule has 0 saturated carbocycles.